The van der Waals surface area contributed by atoms with Gasteiger partial charge in [0.2, 0.25) is 0 Å². The minimum atomic E-state index is 0.479. The highest BCUT2D eigenvalue weighted by Crippen LogP contribution is 2.28. The van der Waals surface area contributed by atoms with E-state index < -0.39 is 0 Å². The van der Waals surface area contributed by atoms with Crippen molar-refractivity contribution in [3.63, 3.8) is 0 Å². The molecule has 1 aromatic carbocycles. The van der Waals surface area contributed by atoms with Gasteiger partial charge in [-0.15, -0.1) is 11.3 Å². The molecule has 0 bridgehead atoms. The highest BCUT2D eigenvalue weighted by atomic mass is 35.5. The van der Waals surface area contributed by atoms with Crippen LogP contribution in [0.4, 0.5) is 0 Å². The summed E-state index contributed by atoms with van der Waals surface area (Å²) in [5.41, 5.74) is 0.994. The van der Waals surface area contributed by atoms with Gasteiger partial charge in [0.25, 0.3) is 0 Å². The molecular weight excluding hydrogens is 228 g/mol. The Morgan fingerprint density at radius 1 is 1.47 bits per heavy atom. The minimum Gasteiger partial charge on any atom is -0.308 e. The molecule has 2 rings (SSSR count). The number of halogens is 1. The van der Waals surface area contributed by atoms with E-state index in [1.54, 1.807) is 11.3 Å². The molecule has 1 N–H and O–H groups in total. The van der Waals surface area contributed by atoms with E-state index in [1.807, 2.05) is 18.2 Å². The van der Waals surface area contributed by atoms with Gasteiger partial charge < -0.3 is 5.32 Å². The fourth-order valence-corrected chi connectivity index (χ4v) is 2.53. The predicted octanol–water partition coefficient (Wildman–Crippen LogP) is 3.45. The molecule has 0 radical (unpaired) electrons. The average molecular weight is 241 g/mol. The van der Waals surface area contributed by atoms with Gasteiger partial charge in [0.15, 0.2) is 0 Å². The van der Waals surface area contributed by atoms with Crippen molar-refractivity contribution in [1.29, 1.82) is 0 Å². The van der Waals surface area contributed by atoms with Crippen LogP contribution >= 0.6 is 22.9 Å². The fraction of sp³-hybridized carbons (Fsp3) is 0.364. The van der Waals surface area contributed by atoms with Crippen LogP contribution in [-0.4, -0.2) is 11.0 Å². The molecule has 0 spiro atoms. The van der Waals surface area contributed by atoms with Crippen LogP contribution in [-0.2, 0) is 6.54 Å². The molecule has 80 valence electrons. The van der Waals surface area contributed by atoms with Gasteiger partial charge >= 0.3 is 0 Å². The third kappa shape index (κ3) is 2.48. The van der Waals surface area contributed by atoms with Gasteiger partial charge in [0, 0.05) is 12.6 Å². The standard InChI is InChI=1S/C11H13ClN2S/c1-7(2)13-6-10-14-9-5-3-4-8(12)11(9)15-10/h3-5,7,13H,6H2,1-2H3. The molecule has 2 aromatic rings. The van der Waals surface area contributed by atoms with Crippen LogP contribution < -0.4 is 5.32 Å². The Hall–Kier alpha value is -0.640. The first-order chi connectivity index (χ1) is 7.16. The lowest BCUT2D eigenvalue weighted by Gasteiger charge is -2.04. The van der Waals surface area contributed by atoms with Crippen LogP contribution in [0.1, 0.15) is 18.9 Å². The summed E-state index contributed by atoms with van der Waals surface area (Å²) in [6, 6.07) is 6.31. The van der Waals surface area contributed by atoms with E-state index in [-0.39, 0.29) is 0 Å². The lowest BCUT2D eigenvalue weighted by Crippen LogP contribution is -2.21. The second-order valence-electron chi connectivity index (χ2n) is 3.73. The molecule has 1 heterocycles. The fourth-order valence-electron chi connectivity index (χ4n) is 1.33. The van der Waals surface area contributed by atoms with Gasteiger partial charge in [-0.25, -0.2) is 4.98 Å². The van der Waals surface area contributed by atoms with Crippen molar-refractivity contribution < 1.29 is 0 Å². The van der Waals surface area contributed by atoms with Gasteiger partial charge in [0.05, 0.1) is 15.2 Å². The number of hydrogen-bond acceptors (Lipinski definition) is 3. The SMILES string of the molecule is CC(C)NCc1nc2cccc(Cl)c2s1. The van der Waals surface area contributed by atoms with Crippen LogP contribution in [0.3, 0.4) is 0 Å². The smallest absolute Gasteiger partial charge is 0.108 e. The monoisotopic (exact) mass is 240 g/mol. The van der Waals surface area contributed by atoms with Crippen molar-refractivity contribution in [2.75, 3.05) is 0 Å². The molecule has 4 heteroatoms. The Morgan fingerprint density at radius 2 is 2.27 bits per heavy atom. The van der Waals surface area contributed by atoms with Crippen molar-refractivity contribution in [3.8, 4) is 0 Å². The lowest BCUT2D eigenvalue weighted by atomic mass is 10.3. The highest BCUT2D eigenvalue weighted by Gasteiger charge is 2.06. The van der Waals surface area contributed by atoms with Crippen LogP contribution in [0.5, 0.6) is 0 Å². The number of thiazole rings is 1. The first-order valence-electron chi connectivity index (χ1n) is 4.94. The van der Waals surface area contributed by atoms with E-state index in [1.165, 1.54) is 0 Å². The van der Waals surface area contributed by atoms with Crippen LogP contribution in [0.25, 0.3) is 10.2 Å². The number of benzene rings is 1. The Labute approximate surface area is 98.3 Å². The second kappa shape index (κ2) is 4.47. The first kappa shape index (κ1) is 10.9. The number of aromatic nitrogens is 1. The van der Waals surface area contributed by atoms with Crippen molar-refractivity contribution in [3.05, 3.63) is 28.2 Å². The van der Waals surface area contributed by atoms with Gasteiger partial charge in [0.1, 0.15) is 5.01 Å². The molecule has 0 aliphatic carbocycles. The zero-order valence-electron chi connectivity index (χ0n) is 8.75. The summed E-state index contributed by atoms with van der Waals surface area (Å²) >= 11 is 7.74. The van der Waals surface area contributed by atoms with Crippen molar-refractivity contribution >= 4 is 33.2 Å². The lowest BCUT2D eigenvalue weighted by molar-refractivity contribution is 0.588. The summed E-state index contributed by atoms with van der Waals surface area (Å²) in [6.07, 6.45) is 0. The second-order valence-corrected chi connectivity index (χ2v) is 5.22. The largest absolute Gasteiger partial charge is 0.308 e. The van der Waals surface area contributed by atoms with Gasteiger partial charge in [-0.3, -0.25) is 0 Å². The summed E-state index contributed by atoms with van der Waals surface area (Å²) in [7, 11) is 0. The molecular formula is C11H13ClN2S. The summed E-state index contributed by atoms with van der Waals surface area (Å²) in [6.45, 7) is 5.06. The van der Waals surface area contributed by atoms with E-state index in [9.17, 15) is 0 Å². The zero-order chi connectivity index (χ0) is 10.8. The molecule has 1 aromatic heterocycles. The maximum atomic E-state index is 6.08. The van der Waals surface area contributed by atoms with Crippen molar-refractivity contribution in [2.24, 2.45) is 0 Å². The molecule has 0 amide bonds. The Bertz CT molecular complexity index is 465. The van der Waals surface area contributed by atoms with Crippen LogP contribution in [0.2, 0.25) is 5.02 Å². The highest BCUT2D eigenvalue weighted by molar-refractivity contribution is 7.19. The van der Waals surface area contributed by atoms with Crippen molar-refractivity contribution in [2.45, 2.75) is 26.4 Å². The van der Waals surface area contributed by atoms with Gasteiger partial charge in [-0.2, -0.15) is 0 Å². The van der Waals surface area contributed by atoms with E-state index in [0.29, 0.717) is 6.04 Å². The quantitative estimate of drug-likeness (QED) is 0.889. The van der Waals surface area contributed by atoms with E-state index in [0.717, 1.165) is 26.8 Å². The maximum absolute atomic E-state index is 6.08. The molecule has 0 saturated carbocycles. The molecule has 0 atom stereocenters. The Kier molecular flexibility index (Phi) is 3.24. The molecule has 15 heavy (non-hydrogen) atoms. The summed E-state index contributed by atoms with van der Waals surface area (Å²) < 4.78 is 1.08. The third-order valence-corrected chi connectivity index (χ3v) is 3.60. The third-order valence-electron chi connectivity index (χ3n) is 2.07. The Morgan fingerprint density at radius 3 is 2.93 bits per heavy atom. The number of hydrogen-bond donors (Lipinski definition) is 1. The van der Waals surface area contributed by atoms with E-state index in [2.05, 4.69) is 24.1 Å². The Balaban J connectivity index is 2.27. The summed E-state index contributed by atoms with van der Waals surface area (Å²) in [4.78, 5) is 4.52. The zero-order valence-corrected chi connectivity index (χ0v) is 10.3. The first-order valence-corrected chi connectivity index (χ1v) is 6.13. The molecule has 0 saturated heterocycles. The van der Waals surface area contributed by atoms with Crippen LogP contribution in [0.15, 0.2) is 18.2 Å². The van der Waals surface area contributed by atoms with Crippen LogP contribution in [0, 0.1) is 0 Å². The topological polar surface area (TPSA) is 24.9 Å². The summed E-state index contributed by atoms with van der Waals surface area (Å²) in [5, 5.41) is 5.23. The molecule has 0 aliphatic heterocycles. The van der Waals surface area contributed by atoms with E-state index in [4.69, 9.17) is 11.6 Å². The van der Waals surface area contributed by atoms with Crippen molar-refractivity contribution in [1.82, 2.24) is 10.3 Å². The molecule has 0 fully saturated rings. The van der Waals surface area contributed by atoms with Gasteiger partial charge in [-0.1, -0.05) is 31.5 Å². The predicted molar refractivity (Wildman–Crippen MR) is 66.6 cm³/mol. The molecule has 0 unspecified atom stereocenters. The number of rotatable bonds is 3. The summed E-state index contributed by atoms with van der Waals surface area (Å²) in [5.74, 6) is 0. The molecule has 0 aliphatic rings. The average Bonchev–Trinajstić information content (AvgIpc) is 2.59. The van der Waals surface area contributed by atoms with E-state index >= 15 is 0 Å². The number of fused-ring (bicyclic) bond motifs is 1. The van der Waals surface area contributed by atoms with Gasteiger partial charge in [-0.05, 0) is 12.1 Å². The maximum Gasteiger partial charge on any atom is 0.108 e. The number of nitrogens with one attached hydrogen (secondary N) is 1. The number of nitrogens with zero attached hydrogens (tertiary/aromatic N) is 1. The minimum absolute atomic E-state index is 0.479. The normalized spacial score (nSPS) is 11.5. The molecule has 2 nitrogen and oxygen atoms in total.